The van der Waals surface area contributed by atoms with Gasteiger partial charge in [0.2, 0.25) is 10.0 Å². The lowest BCUT2D eigenvalue weighted by Gasteiger charge is -2.33. The van der Waals surface area contributed by atoms with Gasteiger partial charge in [-0.1, -0.05) is 16.8 Å². The van der Waals surface area contributed by atoms with E-state index in [1.54, 1.807) is 24.0 Å². The normalized spacial score (nSPS) is 15.9. The smallest absolute Gasteiger partial charge is 0.276 e. The van der Waals surface area contributed by atoms with Crippen LogP contribution in [0, 0.1) is 6.92 Å². The van der Waals surface area contributed by atoms with Gasteiger partial charge in [0.25, 0.3) is 5.91 Å². The van der Waals surface area contributed by atoms with Crippen LogP contribution in [0.2, 0.25) is 5.02 Å². The van der Waals surface area contributed by atoms with Crippen molar-refractivity contribution in [2.24, 2.45) is 0 Å². The van der Waals surface area contributed by atoms with Crippen molar-refractivity contribution >= 4 is 27.5 Å². The van der Waals surface area contributed by atoms with E-state index < -0.39 is 10.0 Å². The summed E-state index contributed by atoms with van der Waals surface area (Å²) in [5.41, 5.74) is 0.218. The van der Waals surface area contributed by atoms with E-state index in [0.717, 1.165) is 0 Å². The van der Waals surface area contributed by atoms with E-state index >= 15 is 0 Å². The number of amides is 1. The Morgan fingerprint density at radius 3 is 2.50 bits per heavy atom. The molecule has 1 aliphatic heterocycles. The Hall–Kier alpha value is -2.10. The summed E-state index contributed by atoms with van der Waals surface area (Å²) in [6, 6.07) is 6.01. The second-order valence-corrected chi connectivity index (χ2v) is 8.16. The maximum atomic E-state index is 12.9. The van der Waals surface area contributed by atoms with Gasteiger partial charge in [-0.3, -0.25) is 4.79 Å². The first-order chi connectivity index (χ1) is 12.3. The van der Waals surface area contributed by atoms with Crippen LogP contribution in [-0.4, -0.2) is 62.0 Å². The summed E-state index contributed by atoms with van der Waals surface area (Å²) in [5.74, 6) is 0.493. The number of nitrogens with zero attached hydrogens (tertiary/aromatic N) is 3. The number of hydrogen-bond donors (Lipinski definition) is 0. The van der Waals surface area contributed by atoms with E-state index in [0.29, 0.717) is 10.8 Å². The molecule has 0 atom stereocenters. The van der Waals surface area contributed by atoms with Gasteiger partial charge in [0.05, 0.1) is 7.11 Å². The number of aryl methyl sites for hydroxylation is 1. The molecule has 26 heavy (non-hydrogen) atoms. The summed E-state index contributed by atoms with van der Waals surface area (Å²) < 4.78 is 37.2. The minimum Gasteiger partial charge on any atom is -0.495 e. The van der Waals surface area contributed by atoms with Crippen LogP contribution >= 0.6 is 11.6 Å². The monoisotopic (exact) mass is 399 g/mol. The molecule has 0 saturated carbocycles. The molecule has 1 amide bonds. The van der Waals surface area contributed by atoms with Gasteiger partial charge in [0, 0.05) is 37.3 Å². The fourth-order valence-corrected chi connectivity index (χ4v) is 4.59. The van der Waals surface area contributed by atoms with Gasteiger partial charge in [-0.05, 0) is 25.1 Å². The molecule has 1 saturated heterocycles. The van der Waals surface area contributed by atoms with Gasteiger partial charge >= 0.3 is 0 Å². The molecule has 0 spiro atoms. The Morgan fingerprint density at radius 2 is 1.92 bits per heavy atom. The number of carbonyl (C=O) groups is 1. The molecule has 1 fully saturated rings. The maximum absolute atomic E-state index is 12.9. The lowest BCUT2D eigenvalue weighted by molar-refractivity contribution is 0.0687. The summed E-state index contributed by atoms with van der Waals surface area (Å²) in [6.07, 6.45) is 0. The van der Waals surface area contributed by atoms with Crippen LogP contribution in [0.3, 0.4) is 0 Å². The zero-order chi connectivity index (χ0) is 18.9. The van der Waals surface area contributed by atoms with Gasteiger partial charge in [-0.2, -0.15) is 4.31 Å². The number of rotatable bonds is 4. The van der Waals surface area contributed by atoms with Gasteiger partial charge < -0.3 is 14.2 Å². The Bertz CT molecular complexity index is 920. The molecule has 0 aliphatic carbocycles. The lowest BCUT2D eigenvalue weighted by atomic mass is 10.3. The molecule has 1 aromatic heterocycles. The first-order valence-corrected chi connectivity index (χ1v) is 9.71. The number of ether oxygens (including phenoxy) is 1. The van der Waals surface area contributed by atoms with Gasteiger partial charge in [0.15, 0.2) is 5.69 Å². The molecule has 0 bridgehead atoms. The van der Waals surface area contributed by atoms with E-state index in [1.807, 2.05) is 0 Å². The molecular formula is C16H18ClN3O5S. The summed E-state index contributed by atoms with van der Waals surface area (Å²) in [4.78, 5) is 13.9. The molecule has 10 heteroatoms. The van der Waals surface area contributed by atoms with Crippen molar-refractivity contribution in [3.63, 3.8) is 0 Å². The number of halogens is 1. The van der Waals surface area contributed by atoms with Crippen LogP contribution in [0.4, 0.5) is 0 Å². The van der Waals surface area contributed by atoms with E-state index in [4.69, 9.17) is 20.9 Å². The lowest BCUT2D eigenvalue weighted by Crippen LogP contribution is -2.50. The van der Waals surface area contributed by atoms with Crippen molar-refractivity contribution < 1.29 is 22.5 Å². The Labute approximate surface area is 156 Å². The number of benzene rings is 1. The largest absolute Gasteiger partial charge is 0.495 e. The fourth-order valence-electron chi connectivity index (χ4n) is 2.75. The van der Waals surface area contributed by atoms with Crippen LogP contribution in [0.25, 0.3) is 0 Å². The number of carbonyl (C=O) groups excluding carboxylic acids is 1. The third-order valence-electron chi connectivity index (χ3n) is 4.12. The van der Waals surface area contributed by atoms with Gasteiger partial charge in [-0.15, -0.1) is 0 Å². The van der Waals surface area contributed by atoms with Crippen LogP contribution in [0.1, 0.15) is 16.2 Å². The number of piperazine rings is 1. The molecule has 1 aliphatic rings. The van der Waals surface area contributed by atoms with E-state index in [-0.39, 0.29) is 48.4 Å². The molecule has 2 heterocycles. The Balaban J connectivity index is 1.75. The SMILES string of the molecule is COc1ccc(Cl)cc1S(=O)(=O)N1CCN(C(=O)c2cc(C)on2)CC1. The highest BCUT2D eigenvalue weighted by Gasteiger charge is 2.33. The van der Waals surface area contributed by atoms with Gasteiger partial charge in [-0.25, -0.2) is 8.42 Å². The van der Waals surface area contributed by atoms with Gasteiger partial charge in [0.1, 0.15) is 16.4 Å². The molecule has 0 unspecified atom stereocenters. The fraction of sp³-hybridized carbons (Fsp3) is 0.375. The average molecular weight is 400 g/mol. The predicted octanol–water partition coefficient (Wildman–Crippen LogP) is 1.79. The first-order valence-electron chi connectivity index (χ1n) is 7.89. The third-order valence-corrected chi connectivity index (χ3v) is 6.27. The topological polar surface area (TPSA) is 93.0 Å². The average Bonchev–Trinajstić information content (AvgIpc) is 3.07. The third kappa shape index (κ3) is 3.55. The van der Waals surface area contributed by atoms with Crippen LogP contribution < -0.4 is 4.74 Å². The molecular weight excluding hydrogens is 382 g/mol. The van der Waals surface area contributed by atoms with Crippen molar-refractivity contribution in [3.8, 4) is 5.75 Å². The Morgan fingerprint density at radius 1 is 1.23 bits per heavy atom. The van der Waals surface area contributed by atoms with Crippen molar-refractivity contribution in [1.29, 1.82) is 0 Å². The van der Waals surface area contributed by atoms with Crippen molar-refractivity contribution in [2.75, 3.05) is 33.3 Å². The number of sulfonamides is 1. The van der Waals surface area contributed by atoms with Crippen molar-refractivity contribution in [2.45, 2.75) is 11.8 Å². The summed E-state index contributed by atoms with van der Waals surface area (Å²) in [5, 5.41) is 4.01. The van der Waals surface area contributed by atoms with E-state index in [2.05, 4.69) is 5.16 Å². The highest BCUT2D eigenvalue weighted by Crippen LogP contribution is 2.30. The zero-order valence-electron chi connectivity index (χ0n) is 14.3. The molecule has 8 nitrogen and oxygen atoms in total. The number of aromatic nitrogens is 1. The van der Waals surface area contributed by atoms with E-state index in [9.17, 15) is 13.2 Å². The first kappa shape index (κ1) is 18.7. The minimum atomic E-state index is -3.79. The highest BCUT2D eigenvalue weighted by molar-refractivity contribution is 7.89. The van der Waals surface area contributed by atoms with Crippen LogP contribution in [0.15, 0.2) is 33.7 Å². The van der Waals surface area contributed by atoms with Crippen molar-refractivity contribution in [1.82, 2.24) is 14.4 Å². The quantitative estimate of drug-likeness (QED) is 0.778. The zero-order valence-corrected chi connectivity index (χ0v) is 15.9. The summed E-state index contributed by atoms with van der Waals surface area (Å²) in [7, 11) is -2.38. The minimum absolute atomic E-state index is 0.0133. The molecule has 3 rings (SSSR count). The summed E-state index contributed by atoms with van der Waals surface area (Å²) >= 11 is 5.95. The number of methoxy groups -OCH3 is 1. The molecule has 140 valence electrons. The molecule has 0 radical (unpaired) electrons. The maximum Gasteiger partial charge on any atom is 0.276 e. The van der Waals surface area contributed by atoms with E-state index in [1.165, 1.54) is 23.5 Å². The summed E-state index contributed by atoms with van der Waals surface area (Å²) in [6.45, 7) is 2.55. The Kier molecular flexibility index (Phi) is 5.22. The standard InChI is InChI=1S/C16H18ClN3O5S/c1-11-9-13(18-25-11)16(21)19-5-7-20(8-6-19)26(22,23)15-10-12(17)3-4-14(15)24-2/h3-4,9-10H,5-8H2,1-2H3. The predicted molar refractivity (Wildman–Crippen MR) is 93.9 cm³/mol. The van der Waals surface area contributed by atoms with Crippen molar-refractivity contribution in [3.05, 3.63) is 40.7 Å². The van der Waals surface area contributed by atoms with Crippen LogP contribution in [0.5, 0.6) is 5.75 Å². The molecule has 2 aromatic rings. The second kappa shape index (κ2) is 7.26. The molecule has 1 aromatic carbocycles. The second-order valence-electron chi connectivity index (χ2n) is 5.81. The highest BCUT2D eigenvalue weighted by atomic mass is 35.5. The number of hydrogen-bond acceptors (Lipinski definition) is 6. The van der Waals surface area contributed by atoms with Crippen LogP contribution in [-0.2, 0) is 10.0 Å². The molecule has 0 N–H and O–H groups in total.